The zero-order valence-electron chi connectivity index (χ0n) is 13.7. The van der Waals surface area contributed by atoms with E-state index in [0.29, 0.717) is 5.13 Å². The van der Waals surface area contributed by atoms with Crippen LogP contribution in [-0.4, -0.2) is 47.6 Å². The molecule has 0 aliphatic carbocycles. The van der Waals surface area contributed by atoms with Crippen LogP contribution < -0.4 is 4.90 Å². The van der Waals surface area contributed by atoms with Crippen molar-refractivity contribution in [3.05, 3.63) is 5.01 Å². The van der Waals surface area contributed by atoms with Gasteiger partial charge in [-0.15, -0.1) is 10.2 Å². The summed E-state index contributed by atoms with van der Waals surface area (Å²) in [4.78, 5) is 16.3. The Kier molecular flexibility index (Phi) is 6.57. The first-order valence-electron chi connectivity index (χ1n) is 8.14. The summed E-state index contributed by atoms with van der Waals surface area (Å²) in [7, 11) is 1.64. The van der Waals surface area contributed by atoms with Crippen LogP contribution in [0.25, 0.3) is 0 Å². The second kappa shape index (κ2) is 8.43. The molecule has 7 heteroatoms. The molecule has 6 nitrogen and oxygen atoms in total. The third-order valence-corrected chi connectivity index (χ3v) is 4.82. The molecular formula is C15H26N4O2S. The SMILES string of the molecule is CCCCCN1CCC(OC)N(c2nnc(CCC)s2)C1=O. The molecule has 1 aromatic rings. The Bertz CT molecular complexity index is 478. The third-order valence-electron chi connectivity index (χ3n) is 3.84. The molecule has 0 bridgehead atoms. The predicted octanol–water partition coefficient (Wildman–Crippen LogP) is 3.29. The van der Waals surface area contributed by atoms with Gasteiger partial charge in [-0.2, -0.15) is 0 Å². The smallest absolute Gasteiger partial charge is 0.328 e. The number of urea groups is 1. The summed E-state index contributed by atoms with van der Waals surface area (Å²) >= 11 is 1.49. The third kappa shape index (κ3) is 3.95. The Morgan fingerprint density at radius 2 is 2.09 bits per heavy atom. The molecule has 0 N–H and O–H groups in total. The van der Waals surface area contributed by atoms with Crippen LogP contribution in [0.2, 0.25) is 0 Å². The fraction of sp³-hybridized carbons (Fsp3) is 0.800. The summed E-state index contributed by atoms with van der Waals surface area (Å²) < 4.78 is 5.49. The van der Waals surface area contributed by atoms with Crippen molar-refractivity contribution < 1.29 is 9.53 Å². The van der Waals surface area contributed by atoms with E-state index in [1.807, 2.05) is 4.90 Å². The quantitative estimate of drug-likeness (QED) is 0.688. The van der Waals surface area contributed by atoms with Gasteiger partial charge in [0.25, 0.3) is 0 Å². The molecule has 124 valence electrons. The molecule has 1 saturated heterocycles. The number of rotatable bonds is 8. The molecule has 22 heavy (non-hydrogen) atoms. The van der Waals surface area contributed by atoms with Crippen molar-refractivity contribution in [2.45, 2.75) is 58.6 Å². The van der Waals surface area contributed by atoms with Gasteiger partial charge in [0.05, 0.1) is 0 Å². The lowest BCUT2D eigenvalue weighted by atomic mass is 10.2. The van der Waals surface area contributed by atoms with Crippen LogP contribution in [0.15, 0.2) is 0 Å². The lowest BCUT2D eigenvalue weighted by Crippen LogP contribution is -2.55. The van der Waals surface area contributed by atoms with E-state index in [-0.39, 0.29) is 12.3 Å². The number of carbonyl (C=O) groups excluding carboxylic acids is 1. The first-order chi connectivity index (χ1) is 10.7. The second-order valence-electron chi connectivity index (χ2n) is 5.55. The van der Waals surface area contributed by atoms with Gasteiger partial charge in [0, 0.05) is 33.0 Å². The van der Waals surface area contributed by atoms with Crippen LogP contribution in [0.5, 0.6) is 0 Å². The van der Waals surface area contributed by atoms with E-state index in [1.165, 1.54) is 11.3 Å². The molecule has 0 spiro atoms. The van der Waals surface area contributed by atoms with E-state index in [9.17, 15) is 4.79 Å². The zero-order valence-corrected chi connectivity index (χ0v) is 14.6. The molecule has 1 atom stereocenters. The normalized spacial score (nSPS) is 19.0. The maximum absolute atomic E-state index is 12.8. The lowest BCUT2D eigenvalue weighted by molar-refractivity contribution is 0.0653. The molecule has 2 heterocycles. The molecule has 0 saturated carbocycles. The summed E-state index contributed by atoms with van der Waals surface area (Å²) in [5.41, 5.74) is 0. The fourth-order valence-corrected chi connectivity index (χ4v) is 3.59. The number of hydrogen-bond donors (Lipinski definition) is 0. The predicted molar refractivity (Wildman–Crippen MR) is 88.3 cm³/mol. The number of ether oxygens (including phenoxy) is 1. The Morgan fingerprint density at radius 1 is 1.27 bits per heavy atom. The highest BCUT2D eigenvalue weighted by molar-refractivity contribution is 7.15. The highest BCUT2D eigenvalue weighted by atomic mass is 32.1. The Morgan fingerprint density at radius 3 is 2.77 bits per heavy atom. The largest absolute Gasteiger partial charge is 0.361 e. The number of hydrogen-bond acceptors (Lipinski definition) is 5. The van der Waals surface area contributed by atoms with Crippen LogP contribution in [0.3, 0.4) is 0 Å². The molecule has 2 rings (SSSR count). The standard InChI is InChI=1S/C15H26N4O2S/c1-4-6-7-10-18-11-9-13(21-3)19(15(18)20)14-17-16-12(22-14)8-5-2/h13H,4-11H2,1-3H3. The molecular weight excluding hydrogens is 300 g/mol. The van der Waals surface area contributed by atoms with Gasteiger partial charge in [0.2, 0.25) is 5.13 Å². The number of methoxy groups -OCH3 is 1. The summed E-state index contributed by atoms with van der Waals surface area (Å²) in [5.74, 6) is 0. The first-order valence-corrected chi connectivity index (χ1v) is 8.96. The molecule has 1 aromatic heterocycles. The number of aryl methyl sites for hydroxylation is 1. The minimum absolute atomic E-state index is 0.00611. The molecule has 0 radical (unpaired) electrons. The molecule has 1 unspecified atom stereocenters. The van der Waals surface area contributed by atoms with Gasteiger partial charge in [-0.25, -0.2) is 9.69 Å². The van der Waals surface area contributed by atoms with Crippen molar-refractivity contribution in [1.82, 2.24) is 15.1 Å². The van der Waals surface area contributed by atoms with E-state index in [1.54, 1.807) is 12.0 Å². The van der Waals surface area contributed by atoms with Crippen LogP contribution in [0.4, 0.5) is 9.93 Å². The molecule has 0 aromatic carbocycles. The number of unbranched alkanes of at least 4 members (excludes halogenated alkanes) is 2. The van der Waals surface area contributed by atoms with E-state index in [0.717, 1.165) is 56.6 Å². The minimum atomic E-state index is -0.239. The molecule has 1 aliphatic rings. The average molecular weight is 326 g/mol. The van der Waals surface area contributed by atoms with Crippen molar-refractivity contribution in [1.29, 1.82) is 0 Å². The van der Waals surface area contributed by atoms with Crippen LogP contribution in [0.1, 0.15) is 51.0 Å². The van der Waals surface area contributed by atoms with E-state index < -0.39 is 0 Å². The fourth-order valence-electron chi connectivity index (χ4n) is 2.61. The first kappa shape index (κ1) is 17.1. The number of aromatic nitrogens is 2. The van der Waals surface area contributed by atoms with Gasteiger partial charge < -0.3 is 9.64 Å². The van der Waals surface area contributed by atoms with Gasteiger partial charge in [-0.05, 0) is 12.8 Å². The summed E-state index contributed by atoms with van der Waals surface area (Å²) in [6.07, 6.45) is 5.84. The minimum Gasteiger partial charge on any atom is -0.361 e. The van der Waals surface area contributed by atoms with Crippen molar-refractivity contribution in [2.24, 2.45) is 0 Å². The van der Waals surface area contributed by atoms with Crippen LogP contribution >= 0.6 is 11.3 Å². The average Bonchev–Trinajstić information content (AvgIpc) is 2.97. The number of carbonyl (C=O) groups is 1. The van der Waals surface area contributed by atoms with Gasteiger partial charge >= 0.3 is 6.03 Å². The Hall–Kier alpha value is -1.21. The highest BCUT2D eigenvalue weighted by Gasteiger charge is 2.36. The number of anilines is 1. The van der Waals surface area contributed by atoms with Gasteiger partial charge in [0.1, 0.15) is 11.2 Å². The summed E-state index contributed by atoms with van der Waals surface area (Å²) in [6, 6.07) is -0.00611. The van der Waals surface area contributed by atoms with Crippen molar-refractivity contribution in [3.63, 3.8) is 0 Å². The maximum Gasteiger partial charge on any atom is 0.328 e. The van der Waals surface area contributed by atoms with Crippen molar-refractivity contribution in [3.8, 4) is 0 Å². The number of nitrogens with zero attached hydrogens (tertiary/aromatic N) is 4. The molecule has 2 amide bonds. The Balaban J connectivity index is 2.10. The topological polar surface area (TPSA) is 58.6 Å². The maximum atomic E-state index is 12.8. The van der Waals surface area contributed by atoms with E-state index >= 15 is 0 Å². The summed E-state index contributed by atoms with van der Waals surface area (Å²) in [5, 5.41) is 10.0. The van der Waals surface area contributed by atoms with Gasteiger partial charge in [-0.1, -0.05) is 38.0 Å². The molecule has 1 fully saturated rings. The second-order valence-corrected chi connectivity index (χ2v) is 6.59. The molecule has 1 aliphatic heterocycles. The van der Waals surface area contributed by atoms with Crippen molar-refractivity contribution >= 4 is 22.5 Å². The zero-order chi connectivity index (χ0) is 15.9. The van der Waals surface area contributed by atoms with Crippen LogP contribution in [0, 0.1) is 0 Å². The summed E-state index contributed by atoms with van der Waals surface area (Å²) in [6.45, 7) is 5.83. The van der Waals surface area contributed by atoms with E-state index in [2.05, 4.69) is 24.0 Å². The van der Waals surface area contributed by atoms with Gasteiger partial charge in [-0.3, -0.25) is 0 Å². The number of amides is 2. The Labute approximate surface area is 136 Å². The monoisotopic (exact) mass is 326 g/mol. The van der Waals surface area contributed by atoms with Gasteiger partial charge in [0.15, 0.2) is 0 Å². The van der Waals surface area contributed by atoms with E-state index in [4.69, 9.17) is 4.74 Å². The highest BCUT2D eigenvalue weighted by Crippen LogP contribution is 2.28. The van der Waals surface area contributed by atoms with Crippen LogP contribution in [-0.2, 0) is 11.2 Å². The van der Waals surface area contributed by atoms with Crippen molar-refractivity contribution in [2.75, 3.05) is 25.1 Å². The lowest BCUT2D eigenvalue weighted by Gasteiger charge is -2.39.